The van der Waals surface area contributed by atoms with Crippen LogP contribution in [-0.2, 0) is 28.4 Å². The third kappa shape index (κ3) is 3.78. The molecule has 1 aromatic rings. The van der Waals surface area contributed by atoms with Crippen molar-refractivity contribution in [1.82, 2.24) is 0 Å². The Balaban J connectivity index is 1.22. The first-order valence-electron chi connectivity index (χ1n) is 12.2. The molecule has 3 saturated heterocycles. The summed E-state index contributed by atoms with van der Waals surface area (Å²) in [6.45, 7) is 0.425. The number of benzene rings is 1. The molecule has 5 aliphatic rings. The summed E-state index contributed by atoms with van der Waals surface area (Å²) in [6.07, 6.45) is 7.80. The highest BCUT2D eigenvalue weighted by Crippen LogP contribution is 2.48. The van der Waals surface area contributed by atoms with E-state index in [2.05, 4.69) is 0 Å². The Hall–Kier alpha value is -1.51. The van der Waals surface area contributed by atoms with E-state index in [1.807, 2.05) is 18.2 Å². The molecule has 7 heteroatoms. The van der Waals surface area contributed by atoms with Gasteiger partial charge in [0.15, 0.2) is 30.1 Å². The zero-order valence-corrected chi connectivity index (χ0v) is 18.4. The van der Waals surface area contributed by atoms with Crippen molar-refractivity contribution in [1.29, 1.82) is 0 Å². The summed E-state index contributed by atoms with van der Waals surface area (Å²) >= 11 is 0. The fraction of sp³-hybridized carbons (Fsp3) is 0.720. The molecule has 0 N–H and O–H groups in total. The van der Waals surface area contributed by atoms with Gasteiger partial charge in [0, 0.05) is 25.7 Å². The summed E-state index contributed by atoms with van der Waals surface area (Å²) < 4.78 is 37.8. The molecule has 0 amide bonds. The van der Waals surface area contributed by atoms with Crippen molar-refractivity contribution in [3.8, 4) is 0 Å². The van der Waals surface area contributed by atoms with E-state index in [1.165, 1.54) is 12.8 Å². The lowest BCUT2D eigenvalue weighted by molar-refractivity contribution is -0.259. The molecular weight excluding hydrogens is 412 g/mol. The zero-order chi connectivity index (χ0) is 21.6. The molecule has 0 bridgehead atoms. The minimum Gasteiger partial charge on any atom is -0.453 e. The average Bonchev–Trinajstić information content (AvgIpc) is 3.48. The summed E-state index contributed by atoms with van der Waals surface area (Å²) in [5, 5.41) is 0. The Morgan fingerprint density at radius 3 is 2.22 bits per heavy atom. The quantitative estimate of drug-likeness (QED) is 0.650. The number of rotatable bonds is 3. The van der Waals surface area contributed by atoms with Gasteiger partial charge in [-0.05, 0) is 37.8 Å². The normalized spacial score (nSPS) is 37.6. The van der Waals surface area contributed by atoms with E-state index in [0.717, 1.165) is 51.4 Å². The summed E-state index contributed by atoms with van der Waals surface area (Å²) in [7, 11) is 0. The van der Waals surface area contributed by atoms with Crippen LogP contribution in [0, 0.1) is 0 Å². The fourth-order valence-corrected chi connectivity index (χ4v) is 5.97. The second kappa shape index (κ2) is 8.37. The predicted molar refractivity (Wildman–Crippen MR) is 113 cm³/mol. The topological polar surface area (TPSA) is 72.5 Å². The Morgan fingerprint density at radius 1 is 0.812 bits per heavy atom. The first-order valence-corrected chi connectivity index (χ1v) is 12.2. The Kier molecular flexibility index (Phi) is 5.50. The second-order valence-corrected chi connectivity index (χ2v) is 9.82. The molecule has 3 aliphatic heterocycles. The smallest absolute Gasteiger partial charge is 0.338 e. The van der Waals surface area contributed by atoms with Gasteiger partial charge in [0.05, 0.1) is 12.2 Å². The van der Waals surface area contributed by atoms with E-state index in [4.69, 9.17) is 28.4 Å². The first kappa shape index (κ1) is 21.1. The Morgan fingerprint density at radius 2 is 1.50 bits per heavy atom. The number of fused-ring (bicyclic) bond motifs is 1. The van der Waals surface area contributed by atoms with Crippen LogP contribution in [0.25, 0.3) is 0 Å². The molecule has 2 spiro atoms. The maximum absolute atomic E-state index is 13.0. The zero-order valence-electron chi connectivity index (χ0n) is 18.4. The first-order chi connectivity index (χ1) is 15.7. The van der Waals surface area contributed by atoms with E-state index in [-0.39, 0.29) is 12.1 Å². The van der Waals surface area contributed by atoms with E-state index in [0.29, 0.717) is 12.2 Å². The number of carbonyl (C=O) groups excluding carboxylic acids is 1. The van der Waals surface area contributed by atoms with Gasteiger partial charge in [-0.25, -0.2) is 4.79 Å². The minimum absolute atomic E-state index is 0.318. The molecule has 32 heavy (non-hydrogen) atoms. The van der Waals surface area contributed by atoms with Crippen LogP contribution in [0.3, 0.4) is 0 Å². The van der Waals surface area contributed by atoms with Gasteiger partial charge in [-0.2, -0.15) is 0 Å². The van der Waals surface area contributed by atoms with Crippen molar-refractivity contribution in [2.45, 2.75) is 106 Å². The SMILES string of the molecule is O=C(O[C@@H]1[C@H]([C@@H]2COC3(CCCCC3)O2)O[C@@H]2OC3(CCCCC3)O[C@@H]21)c1ccccc1. The van der Waals surface area contributed by atoms with Crippen LogP contribution in [0.15, 0.2) is 30.3 Å². The molecule has 2 saturated carbocycles. The number of ether oxygens (including phenoxy) is 6. The standard InChI is InChI=1S/C25H32O7/c26-22(17-10-4-1-5-11-17)28-20-19(18-16-27-24(30-18)12-6-2-7-13-24)29-23-21(20)31-25(32-23)14-8-3-9-15-25/h1,4-5,10-11,18-21,23H,2-3,6-9,12-16H2/t18-,19-,20+,21+,23+/m0/s1. The summed E-state index contributed by atoms with van der Waals surface area (Å²) in [4.78, 5) is 13.0. The van der Waals surface area contributed by atoms with Gasteiger partial charge in [-0.15, -0.1) is 0 Å². The van der Waals surface area contributed by atoms with Crippen LogP contribution in [-0.4, -0.2) is 54.9 Å². The molecule has 5 fully saturated rings. The summed E-state index contributed by atoms with van der Waals surface area (Å²) in [6, 6.07) is 9.04. The van der Waals surface area contributed by atoms with Crippen molar-refractivity contribution >= 4 is 5.97 Å². The highest BCUT2D eigenvalue weighted by Gasteiger charge is 2.62. The number of carbonyl (C=O) groups is 1. The van der Waals surface area contributed by atoms with E-state index in [1.54, 1.807) is 12.1 Å². The monoisotopic (exact) mass is 444 g/mol. The highest BCUT2D eigenvalue weighted by molar-refractivity contribution is 5.89. The molecular formula is C25H32O7. The third-order valence-corrected chi connectivity index (χ3v) is 7.62. The van der Waals surface area contributed by atoms with Crippen LogP contribution in [0.1, 0.15) is 74.6 Å². The Labute approximate surface area is 188 Å². The molecule has 174 valence electrons. The fourth-order valence-electron chi connectivity index (χ4n) is 5.97. The third-order valence-electron chi connectivity index (χ3n) is 7.62. The molecule has 0 radical (unpaired) electrons. The summed E-state index contributed by atoms with van der Waals surface area (Å²) in [5.41, 5.74) is 0.508. The lowest BCUT2D eigenvalue weighted by Gasteiger charge is -2.35. The van der Waals surface area contributed by atoms with Gasteiger partial charge in [0.2, 0.25) is 0 Å². The van der Waals surface area contributed by atoms with Gasteiger partial charge in [0.1, 0.15) is 12.2 Å². The minimum atomic E-state index is -0.617. The van der Waals surface area contributed by atoms with Crippen LogP contribution in [0.5, 0.6) is 0 Å². The Bertz CT molecular complexity index is 815. The van der Waals surface area contributed by atoms with Crippen molar-refractivity contribution < 1.29 is 33.2 Å². The molecule has 7 nitrogen and oxygen atoms in total. The van der Waals surface area contributed by atoms with Gasteiger partial charge in [-0.1, -0.05) is 31.0 Å². The van der Waals surface area contributed by atoms with Gasteiger partial charge in [0.25, 0.3) is 0 Å². The highest BCUT2D eigenvalue weighted by atomic mass is 16.9. The number of esters is 1. The van der Waals surface area contributed by atoms with Crippen LogP contribution in [0.4, 0.5) is 0 Å². The maximum atomic E-state index is 13.0. The average molecular weight is 445 g/mol. The predicted octanol–water partition coefficient (Wildman–Crippen LogP) is 4.09. The van der Waals surface area contributed by atoms with E-state index >= 15 is 0 Å². The van der Waals surface area contributed by atoms with Crippen LogP contribution >= 0.6 is 0 Å². The lowest BCUT2D eigenvalue weighted by atomic mass is 9.94. The van der Waals surface area contributed by atoms with E-state index < -0.39 is 36.2 Å². The molecule has 3 heterocycles. The molecule has 0 unspecified atom stereocenters. The van der Waals surface area contributed by atoms with Gasteiger partial charge in [-0.3, -0.25) is 0 Å². The molecule has 6 rings (SSSR count). The molecule has 1 aromatic carbocycles. The van der Waals surface area contributed by atoms with Crippen molar-refractivity contribution in [3.05, 3.63) is 35.9 Å². The van der Waals surface area contributed by atoms with E-state index in [9.17, 15) is 4.79 Å². The molecule has 2 aliphatic carbocycles. The molecule has 5 atom stereocenters. The van der Waals surface area contributed by atoms with Gasteiger partial charge >= 0.3 is 5.97 Å². The largest absolute Gasteiger partial charge is 0.453 e. The van der Waals surface area contributed by atoms with Crippen molar-refractivity contribution in [3.63, 3.8) is 0 Å². The molecule has 0 aromatic heterocycles. The lowest BCUT2D eigenvalue weighted by Crippen LogP contribution is -2.46. The number of hydrogen-bond acceptors (Lipinski definition) is 7. The van der Waals surface area contributed by atoms with Crippen molar-refractivity contribution in [2.75, 3.05) is 6.61 Å². The van der Waals surface area contributed by atoms with Crippen LogP contribution in [0.2, 0.25) is 0 Å². The van der Waals surface area contributed by atoms with Crippen molar-refractivity contribution in [2.24, 2.45) is 0 Å². The number of hydrogen-bond donors (Lipinski definition) is 0. The maximum Gasteiger partial charge on any atom is 0.338 e. The second-order valence-electron chi connectivity index (χ2n) is 9.82. The van der Waals surface area contributed by atoms with Gasteiger partial charge < -0.3 is 28.4 Å². The summed E-state index contributed by atoms with van der Waals surface area (Å²) in [5.74, 6) is -1.53. The van der Waals surface area contributed by atoms with Crippen LogP contribution < -0.4 is 0 Å².